The molecule has 2 rings (SSSR count). The molecule has 5 heteroatoms. The van der Waals surface area contributed by atoms with Gasteiger partial charge in [-0.05, 0) is 5.56 Å². The summed E-state index contributed by atoms with van der Waals surface area (Å²) in [5, 5.41) is 2.79. The second kappa shape index (κ2) is 6.04. The summed E-state index contributed by atoms with van der Waals surface area (Å²) in [6.45, 7) is 0.277. The van der Waals surface area contributed by atoms with Crippen LogP contribution in [0.15, 0.2) is 30.3 Å². The third-order valence-electron chi connectivity index (χ3n) is 3.39. The summed E-state index contributed by atoms with van der Waals surface area (Å²) in [5.74, 6) is -0.544. The Morgan fingerprint density at radius 1 is 1.26 bits per heavy atom. The van der Waals surface area contributed by atoms with Crippen molar-refractivity contribution in [2.75, 3.05) is 14.2 Å². The van der Waals surface area contributed by atoms with E-state index in [0.717, 1.165) is 5.56 Å². The summed E-state index contributed by atoms with van der Waals surface area (Å²) in [5.41, 5.74) is 0.967. The third-order valence-corrected chi connectivity index (χ3v) is 3.39. The molecule has 0 spiro atoms. The zero-order valence-corrected chi connectivity index (χ0v) is 11.2. The fourth-order valence-electron chi connectivity index (χ4n) is 2.14. The lowest BCUT2D eigenvalue weighted by Crippen LogP contribution is -2.57. The highest BCUT2D eigenvalue weighted by molar-refractivity contribution is 5.67. The highest BCUT2D eigenvalue weighted by Gasteiger charge is 2.46. The van der Waals surface area contributed by atoms with Gasteiger partial charge in [-0.2, -0.15) is 0 Å². The highest BCUT2D eigenvalue weighted by Crippen LogP contribution is 2.35. The van der Waals surface area contributed by atoms with Crippen LogP contribution in [0.2, 0.25) is 0 Å². The van der Waals surface area contributed by atoms with E-state index >= 15 is 0 Å². The normalized spacial score (nSPS) is 17.6. The lowest BCUT2D eigenvalue weighted by Gasteiger charge is -2.44. The Balaban J connectivity index is 1.69. The van der Waals surface area contributed by atoms with Gasteiger partial charge in [0.15, 0.2) is 5.79 Å². The van der Waals surface area contributed by atoms with Crippen LogP contribution in [0.25, 0.3) is 0 Å². The van der Waals surface area contributed by atoms with Crippen LogP contribution in [0.4, 0.5) is 4.79 Å². The van der Waals surface area contributed by atoms with E-state index < -0.39 is 11.9 Å². The number of carbonyl (C=O) groups is 1. The van der Waals surface area contributed by atoms with E-state index in [-0.39, 0.29) is 12.6 Å². The van der Waals surface area contributed by atoms with Gasteiger partial charge >= 0.3 is 6.09 Å². The number of ether oxygens (including phenoxy) is 3. The molecule has 0 radical (unpaired) electrons. The lowest BCUT2D eigenvalue weighted by atomic mass is 9.85. The molecule has 1 aromatic carbocycles. The molecule has 1 fully saturated rings. The minimum Gasteiger partial charge on any atom is -0.445 e. The lowest BCUT2D eigenvalue weighted by molar-refractivity contribution is -0.258. The Labute approximate surface area is 112 Å². The highest BCUT2D eigenvalue weighted by atomic mass is 16.7. The molecular weight excluding hydrogens is 246 g/mol. The maximum absolute atomic E-state index is 11.6. The molecule has 0 aliphatic heterocycles. The Hall–Kier alpha value is -1.59. The molecule has 0 bridgehead atoms. The molecule has 0 aromatic heterocycles. The van der Waals surface area contributed by atoms with Gasteiger partial charge in [-0.1, -0.05) is 30.3 Å². The van der Waals surface area contributed by atoms with Crippen molar-refractivity contribution in [2.24, 2.45) is 0 Å². The summed E-state index contributed by atoms with van der Waals surface area (Å²) in [6.07, 6.45) is 0.871. The average molecular weight is 265 g/mol. The molecule has 1 amide bonds. The van der Waals surface area contributed by atoms with Crippen molar-refractivity contribution < 1.29 is 19.0 Å². The first-order chi connectivity index (χ1) is 9.17. The first-order valence-corrected chi connectivity index (χ1v) is 6.25. The number of alkyl carbamates (subject to hydrolysis) is 1. The monoisotopic (exact) mass is 265 g/mol. The fourth-order valence-corrected chi connectivity index (χ4v) is 2.14. The maximum atomic E-state index is 11.6. The van der Waals surface area contributed by atoms with Crippen LogP contribution in [0.3, 0.4) is 0 Å². The maximum Gasteiger partial charge on any atom is 0.407 e. The zero-order valence-electron chi connectivity index (χ0n) is 11.2. The van der Waals surface area contributed by atoms with Crippen LogP contribution >= 0.6 is 0 Å². The SMILES string of the molecule is COC1(OC)CC(NC(=O)OCc2ccccc2)C1. The van der Waals surface area contributed by atoms with Crippen molar-refractivity contribution in [3.63, 3.8) is 0 Å². The van der Waals surface area contributed by atoms with Gasteiger partial charge in [0, 0.05) is 33.1 Å². The summed E-state index contributed by atoms with van der Waals surface area (Å²) >= 11 is 0. The summed E-state index contributed by atoms with van der Waals surface area (Å²) < 4.78 is 15.6. The van der Waals surface area contributed by atoms with E-state index in [9.17, 15) is 4.79 Å². The average Bonchev–Trinajstić information content (AvgIpc) is 2.41. The van der Waals surface area contributed by atoms with Crippen molar-refractivity contribution in [3.05, 3.63) is 35.9 Å². The minimum atomic E-state index is -0.544. The Bertz CT molecular complexity index is 409. The molecule has 104 valence electrons. The van der Waals surface area contributed by atoms with Crippen molar-refractivity contribution in [1.82, 2.24) is 5.32 Å². The Morgan fingerprint density at radius 3 is 2.47 bits per heavy atom. The molecule has 1 saturated carbocycles. The van der Waals surface area contributed by atoms with Crippen LogP contribution < -0.4 is 5.32 Å². The van der Waals surface area contributed by atoms with Gasteiger partial charge in [0.1, 0.15) is 6.61 Å². The van der Waals surface area contributed by atoms with Crippen LogP contribution in [-0.4, -0.2) is 32.1 Å². The molecule has 0 atom stereocenters. The van der Waals surface area contributed by atoms with Gasteiger partial charge in [0.05, 0.1) is 0 Å². The molecule has 1 aliphatic rings. The number of methoxy groups -OCH3 is 2. The second-order valence-corrected chi connectivity index (χ2v) is 4.63. The first kappa shape index (κ1) is 13.8. The van der Waals surface area contributed by atoms with Gasteiger partial charge in [0.2, 0.25) is 0 Å². The predicted molar refractivity (Wildman–Crippen MR) is 69.5 cm³/mol. The topological polar surface area (TPSA) is 56.8 Å². The quantitative estimate of drug-likeness (QED) is 0.828. The van der Waals surface area contributed by atoms with E-state index in [4.69, 9.17) is 14.2 Å². The van der Waals surface area contributed by atoms with E-state index in [1.807, 2.05) is 30.3 Å². The summed E-state index contributed by atoms with van der Waals surface area (Å²) in [6, 6.07) is 9.62. The van der Waals surface area contributed by atoms with Crippen LogP contribution in [0, 0.1) is 0 Å². The zero-order chi connectivity index (χ0) is 13.7. The van der Waals surface area contributed by atoms with Gasteiger partial charge in [-0.3, -0.25) is 0 Å². The minimum absolute atomic E-state index is 0.0446. The second-order valence-electron chi connectivity index (χ2n) is 4.63. The van der Waals surface area contributed by atoms with Gasteiger partial charge in [0.25, 0.3) is 0 Å². The van der Waals surface area contributed by atoms with Gasteiger partial charge in [-0.25, -0.2) is 4.79 Å². The molecule has 19 heavy (non-hydrogen) atoms. The van der Waals surface area contributed by atoms with E-state index in [2.05, 4.69) is 5.32 Å². The molecule has 0 heterocycles. The number of hydrogen-bond donors (Lipinski definition) is 1. The van der Waals surface area contributed by atoms with Crippen LogP contribution in [-0.2, 0) is 20.8 Å². The smallest absolute Gasteiger partial charge is 0.407 e. The summed E-state index contributed by atoms with van der Waals surface area (Å²) in [4.78, 5) is 11.6. The third kappa shape index (κ3) is 3.45. The van der Waals surface area contributed by atoms with E-state index in [1.165, 1.54) is 0 Å². The Morgan fingerprint density at radius 2 is 1.89 bits per heavy atom. The predicted octanol–water partition coefficient (Wildman–Crippen LogP) is 2.06. The van der Waals surface area contributed by atoms with Gasteiger partial charge < -0.3 is 19.5 Å². The number of nitrogens with one attached hydrogen (secondary N) is 1. The molecule has 0 unspecified atom stereocenters. The molecule has 1 N–H and O–H groups in total. The molecule has 5 nitrogen and oxygen atoms in total. The largest absolute Gasteiger partial charge is 0.445 e. The summed E-state index contributed by atoms with van der Waals surface area (Å²) in [7, 11) is 3.21. The molecule has 1 aliphatic carbocycles. The van der Waals surface area contributed by atoms with Crippen molar-refractivity contribution in [1.29, 1.82) is 0 Å². The standard InChI is InChI=1S/C14H19NO4/c1-17-14(18-2)8-12(9-14)15-13(16)19-10-11-6-4-3-5-7-11/h3-7,12H,8-10H2,1-2H3,(H,15,16). The van der Waals surface area contributed by atoms with E-state index in [1.54, 1.807) is 14.2 Å². The molecule has 0 saturated heterocycles. The number of amides is 1. The van der Waals surface area contributed by atoms with Crippen LogP contribution in [0.1, 0.15) is 18.4 Å². The number of carbonyl (C=O) groups excluding carboxylic acids is 1. The van der Waals surface area contributed by atoms with Crippen molar-refractivity contribution in [3.8, 4) is 0 Å². The van der Waals surface area contributed by atoms with Crippen LogP contribution in [0.5, 0.6) is 0 Å². The molecule has 1 aromatic rings. The van der Waals surface area contributed by atoms with E-state index in [0.29, 0.717) is 12.8 Å². The fraction of sp³-hybridized carbons (Fsp3) is 0.500. The number of hydrogen-bond acceptors (Lipinski definition) is 4. The molecular formula is C14H19NO4. The van der Waals surface area contributed by atoms with Crippen molar-refractivity contribution in [2.45, 2.75) is 31.3 Å². The van der Waals surface area contributed by atoms with Crippen molar-refractivity contribution >= 4 is 6.09 Å². The number of benzene rings is 1. The first-order valence-electron chi connectivity index (χ1n) is 6.25. The number of rotatable bonds is 5. The Kier molecular flexibility index (Phi) is 4.39. The van der Waals surface area contributed by atoms with Gasteiger partial charge in [-0.15, -0.1) is 0 Å².